The molecule has 202 valence electrons. The number of aliphatic hydroxyl groups excluding tert-OH is 3. The van der Waals surface area contributed by atoms with Crippen molar-refractivity contribution in [3.63, 3.8) is 0 Å². The van der Waals surface area contributed by atoms with E-state index in [4.69, 9.17) is 4.74 Å². The van der Waals surface area contributed by atoms with Gasteiger partial charge in [-0.05, 0) is 29.8 Å². The molecule has 37 heavy (non-hydrogen) atoms. The summed E-state index contributed by atoms with van der Waals surface area (Å²) in [5.74, 6) is -2.80. The Morgan fingerprint density at radius 2 is 1.62 bits per heavy atom. The van der Waals surface area contributed by atoms with Crippen LogP contribution in [-0.4, -0.2) is 83.7 Å². The summed E-state index contributed by atoms with van der Waals surface area (Å²) < 4.78 is 46.0. The minimum Gasteiger partial charge on any atom is -0.394 e. The maximum absolute atomic E-state index is 13.6. The maximum atomic E-state index is 13.6. The first-order valence-electron chi connectivity index (χ1n) is 11.1. The molecule has 2 aromatic rings. The van der Waals surface area contributed by atoms with Gasteiger partial charge in [0.1, 0.15) is 23.9 Å². The Bertz CT molecular complexity index is 1130. The molecule has 1 aliphatic heterocycles. The van der Waals surface area contributed by atoms with Crippen LogP contribution in [0.2, 0.25) is 0 Å². The van der Waals surface area contributed by atoms with Crippen LogP contribution in [0.25, 0.3) is 0 Å². The van der Waals surface area contributed by atoms with E-state index in [0.29, 0.717) is 10.6 Å². The first-order valence-corrected chi connectivity index (χ1v) is 11.1. The lowest BCUT2D eigenvalue weighted by atomic mass is 9.77. The number of carbonyl (C=O) groups excluding carboxylic acids is 2. The summed E-state index contributed by atoms with van der Waals surface area (Å²) in [6.07, 6.45) is -10.4. The van der Waals surface area contributed by atoms with Crippen molar-refractivity contribution < 1.29 is 47.9 Å². The van der Waals surface area contributed by atoms with Crippen LogP contribution in [-0.2, 0) is 19.9 Å². The van der Waals surface area contributed by atoms with Crippen molar-refractivity contribution in [2.45, 2.75) is 43.2 Å². The van der Waals surface area contributed by atoms with Gasteiger partial charge in [0.05, 0.1) is 18.0 Å². The predicted molar refractivity (Wildman–Crippen MR) is 126 cm³/mol. The van der Waals surface area contributed by atoms with Crippen LogP contribution in [0, 0.1) is 0 Å². The summed E-state index contributed by atoms with van der Waals surface area (Å²) in [7, 11) is 3.21. The van der Waals surface area contributed by atoms with Crippen LogP contribution in [0.15, 0.2) is 48.5 Å². The van der Waals surface area contributed by atoms with E-state index in [0.717, 1.165) is 31.2 Å². The molecule has 0 radical (unpaired) electrons. The Morgan fingerprint density at radius 1 is 1.05 bits per heavy atom. The quantitative estimate of drug-likeness (QED) is 0.370. The minimum absolute atomic E-state index is 0.0515. The Hall–Kier alpha value is -3.23. The topological polar surface area (TPSA) is 143 Å². The largest absolute Gasteiger partial charge is 0.472 e. The smallest absolute Gasteiger partial charge is 0.394 e. The van der Waals surface area contributed by atoms with E-state index in [1.165, 1.54) is 23.1 Å². The Labute approximate surface area is 210 Å². The highest BCUT2D eigenvalue weighted by molar-refractivity contribution is 6.06. The van der Waals surface area contributed by atoms with Crippen LogP contribution in [0.1, 0.15) is 12.5 Å². The van der Waals surface area contributed by atoms with Crippen molar-refractivity contribution >= 4 is 28.9 Å². The standard InChI is InChI=1S/C24H28F3N3O7/c1-13(32)28-19-20(33)23(36,18(12-31)37-21(19)34)14-8-10-15(11-9-14)30(22(35)24(25,26)27)17-7-5-4-6-16(17)29(2)3/h4-11,18-21,31,33-34,36H,12H2,1-3H3,(H,28,32)/t18-,19-,20-,21-,23-/m1/s1. The molecule has 5 N–H and O–H groups in total. The monoisotopic (exact) mass is 527 g/mol. The summed E-state index contributed by atoms with van der Waals surface area (Å²) in [6, 6.07) is 9.05. The number of halogens is 3. The second-order valence-corrected chi connectivity index (χ2v) is 8.76. The van der Waals surface area contributed by atoms with Gasteiger partial charge >= 0.3 is 12.1 Å². The minimum atomic E-state index is -5.21. The molecule has 10 nitrogen and oxygen atoms in total. The van der Waals surface area contributed by atoms with Gasteiger partial charge in [-0.3, -0.25) is 14.5 Å². The Kier molecular flexibility index (Phi) is 8.15. The normalized spacial score (nSPS) is 25.9. The fourth-order valence-electron chi connectivity index (χ4n) is 4.30. The lowest BCUT2D eigenvalue weighted by molar-refractivity contribution is -0.297. The van der Waals surface area contributed by atoms with E-state index >= 15 is 0 Å². The van der Waals surface area contributed by atoms with Gasteiger partial charge in [-0.2, -0.15) is 13.2 Å². The number of nitrogens with zero attached hydrogens (tertiary/aromatic N) is 2. The van der Waals surface area contributed by atoms with Gasteiger partial charge < -0.3 is 35.4 Å². The van der Waals surface area contributed by atoms with Crippen molar-refractivity contribution in [1.29, 1.82) is 0 Å². The number of hydrogen-bond donors (Lipinski definition) is 5. The highest BCUT2D eigenvalue weighted by Crippen LogP contribution is 2.41. The van der Waals surface area contributed by atoms with E-state index in [1.807, 2.05) is 0 Å². The predicted octanol–water partition coefficient (Wildman–Crippen LogP) is 0.742. The number of alkyl halides is 3. The van der Waals surface area contributed by atoms with Gasteiger partial charge in [0, 0.05) is 26.7 Å². The summed E-state index contributed by atoms with van der Waals surface area (Å²) in [5, 5.41) is 44.4. The molecule has 3 rings (SSSR count). The number of amides is 2. The Balaban J connectivity index is 2.10. The van der Waals surface area contributed by atoms with Gasteiger partial charge in [0.2, 0.25) is 5.91 Å². The number of anilines is 3. The fourth-order valence-corrected chi connectivity index (χ4v) is 4.30. The average Bonchev–Trinajstić information content (AvgIpc) is 2.84. The SMILES string of the molecule is CC(=O)N[C@H]1[C@H](O)O[C@H](CO)[C@](O)(c2ccc(N(C(=O)C(F)(F)F)c3ccccc3N(C)C)cc2)[C@@H]1O. The van der Waals surface area contributed by atoms with Crippen LogP contribution < -0.4 is 15.1 Å². The van der Waals surface area contributed by atoms with Crippen molar-refractivity contribution in [1.82, 2.24) is 5.32 Å². The van der Waals surface area contributed by atoms with E-state index in [1.54, 1.807) is 20.2 Å². The number of hydrogen-bond acceptors (Lipinski definition) is 8. The number of benzene rings is 2. The molecule has 1 aliphatic rings. The molecule has 0 spiro atoms. The van der Waals surface area contributed by atoms with E-state index in [2.05, 4.69) is 5.32 Å². The fraction of sp³-hybridized carbons (Fsp3) is 0.417. The lowest BCUT2D eigenvalue weighted by Gasteiger charge is -2.48. The molecule has 0 saturated carbocycles. The first kappa shape index (κ1) is 28.3. The van der Waals surface area contributed by atoms with Crippen LogP contribution in [0.4, 0.5) is 30.2 Å². The molecule has 1 fully saturated rings. The third kappa shape index (κ3) is 5.40. The summed E-state index contributed by atoms with van der Waals surface area (Å²) in [4.78, 5) is 26.0. The molecule has 1 heterocycles. The molecule has 1 saturated heterocycles. The average molecular weight is 527 g/mol. The molecular weight excluding hydrogens is 499 g/mol. The highest BCUT2D eigenvalue weighted by Gasteiger charge is 2.56. The molecule has 5 atom stereocenters. The molecule has 0 bridgehead atoms. The van der Waals surface area contributed by atoms with E-state index < -0.39 is 54.7 Å². The van der Waals surface area contributed by atoms with Gasteiger partial charge in [-0.1, -0.05) is 24.3 Å². The molecule has 2 amide bonds. The zero-order chi connectivity index (χ0) is 27.7. The number of ether oxygens (including phenoxy) is 1. The summed E-state index contributed by atoms with van der Waals surface area (Å²) >= 11 is 0. The van der Waals surface area contributed by atoms with E-state index in [-0.39, 0.29) is 16.9 Å². The molecule has 0 unspecified atom stereocenters. The van der Waals surface area contributed by atoms with Crippen LogP contribution in [0.3, 0.4) is 0 Å². The zero-order valence-electron chi connectivity index (χ0n) is 20.2. The number of carbonyl (C=O) groups is 2. The van der Waals surface area contributed by atoms with Crippen molar-refractivity contribution in [3.8, 4) is 0 Å². The third-order valence-electron chi connectivity index (χ3n) is 6.07. The molecule has 13 heteroatoms. The number of aliphatic hydroxyl groups is 4. The first-order chi connectivity index (χ1) is 17.2. The molecular formula is C24H28F3N3O7. The van der Waals surface area contributed by atoms with Gasteiger partial charge in [0.25, 0.3) is 0 Å². The number of rotatable bonds is 6. The summed E-state index contributed by atoms with van der Waals surface area (Å²) in [5.41, 5.74) is -2.42. The number of para-hydroxylation sites is 2. The maximum Gasteiger partial charge on any atom is 0.472 e. The van der Waals surface area contributed by atoms with Gasteiger partial charge in [-0.25, -0.2) is 0 Å². The molecule has 0 aromatic heterocycles. The van der Waals surface area contributed by atoms with Crippen LogP contribution in [0.5, 0.6) is 0 Å². The summed E-state index contributed by atoms with van der Waals surface area (Å²) in [6.45, 7) is 0.261. The van der Waals surface area contributed by atoms with Gasteiger partial charge in [-0.15, -0.1) is 0 Å². The molecule has 0 aliphatic carbocycles. The van der Waals surface area contributed by atoms with Crippen molar-refractivity contribution in [2.75, 3.05) is 30.5 Å². The highest BCUT2D eigenvalue weighted by atomic mass is 19.4. The van der Waals surface area contributed by atoms with Crippen molar-refractivity contribution in [3.05, 3.63) is 54.1 Å². The molecule has 2 aromatic carbocycles. The van der Waals surface area contributed by atoms with E-state index in [9.17, 15) is 43.2 Å². The zero-order valence-corrected chi connectivity index (χ0v) is 20.2. The second-order valence-electron chi connectivity index (χ2n) is 8.76. The third-order valence-corrected chi connectivity index (χ3v) is 6.07. The second kappa shape index (κ2) is 10.6. The lowest BCUT2D eigenvalue weighted by Crippen LogP contribution is -2.68. The number of nitrogens with one attached hydrogen (secondary N) is 1. The van der Waals surface area contributed by atoms with Crippen LogP contribution >= 0.6 is 0 Å². The van der Waals surface area contributed by atoms with Crippen molar-refractivity contribution in [2.24, 2.45) is 0 Å². The Morgan fingerprint density at radius 3 is 2.11 bits per heavy atom. The van der Waals surface area contributed by atoms with Gasteiger partial charge in [0.15, 0.2) is 6.29 Å².